The highest BCUT2D eigenvalue weighted by molar-refractivity contribution is 5.70. The molecule has 30 heavy (non-hydrogen) atoms. The zero-order valence-corrected chi connectivity index (χ0v) is 17.1. The number of aliphatic hydroxyl groups excluding tert-OH is 4. The van der Waals surface area contributed by atoms with Gasteiger partial charge in [-0.3, -0.25) is 14.4 Å². The van der Waals surface area contributed by atoms with E-state index in [1.54, 1.807) is 0 Å². The minimum absolute atomic E-state index is 0.0277. The summed E-state index contributed by atoms with van der Waals surface area (Å²) in [4.78, 5) is 34.9. The van der Waals surface area contributed by atoms with E-state index in [1.807, 2.05) is 0 Å². The third-order valence-corrected chi connectivity index (χ3v) is 4.24. The van der Waals surface area contributed by atoms with Crippen molar-refractivity contribution in [2.24, 2.45) is 0 Å². The van der Waals surface area contributed by atoms with Gasteiger partial charge in [-0.1, -0.05) is 13.8 Å². The molecule has 1 aliphatic heterocycles. The lowest BCUT2D eigenvalue weighted by Gasteiger charge is -2.43. The van der Waals surface area contributed by atoms with Crippen LogP contribution in [-0.2, 0) is 38.1 Å². The number of hydrogen-bond acceptors (Lipinski definition) is 12. The molecule has 7 atom stereocenters. The van der Waals surface area contributed by atoms with Crippen molar-refractivity contribution < 1.29 is 58.5 Å². The maximum absolute atomic E-state index is 11.9. The van der Waals surface area contributed by atoms with Crippen molar-refractivity contribution in [3.05, 3.63) is 0 Å². The normalized spacial score (nSPS) is 28.3. The number of rotatable bonds is 11. The summed E-state index contributed by atoms with van der Waals surface area (Å²) in [6.07, 6.45) is -10.1. The van der Waals surface area contributed by atoms with Crippen molar-refractivity contribution in [3.8, 4) is 0 Å². The van der Waals surface area contributed by atoms with Crippen molar-refractivity contribution in [2.45, 2.75) is 76.5 Å². The van der Waals surface area contributed by atoms with Crippen molar-refractivity contribution in [1.82, 2.24) is 0 Å². The first-order valence-electron chi connectivity index (χ1n) is 9.58. The van der Waals surface area contributed by atoms with Crippen LogP contribution in [0, 0.1) is 0 Å². The molecule has 174 valence electrons. The quantitative estimate of drug-likeness (QED) is 0.206. The van der Waals surface area contributed by atoms with Crippen LogP contribution in [0.5, 0.6) is 0 Å². The second kappa shape index (κ2) is 12.8. The second-order valence-electron chi connectivity index (χ2n) is 6.60. The first-order valence-corrected chi connectivity index (χ1v) is 9.58. The van der Waals surface area contributed by atoms with Gasteiger partial charge < -0.3 is 44.1 Å². The predicted molar refractivity (Wildman–Crippen MR) is 96.7 cm³/mol. The summed E-state index contributed by atoms with van der Waals surface area (Å²) >= 11 is 0. The van der Waals surface area contributed by atoms with Crippen LogP contribution >= 0.6 is 0 Å². The van der Waals surface area contributed by atoms with Crippen molar-refractivity contribution in [2.75, 3.05) is 19.8 Å². The Balaban J connectivity index is 3.11. The third-order valence-electron chi connectivity index (χ3n) is 4.24. The van der Waals surface area contributed by atoms with E-state index >= 15 is 0 Å². The van der Waals surface area contributed by atoms with E-state index in [9.17, 15) is 29.7 Å². The van der Waals surface area contributed by atoms with Gasteiger partial charge >= 0.3 is 17.9 Å². The monoisotopic (exact) mass is 438 g/mol. The molecule has 0 amide bonds. The van der Waals surface area contributed by atoms with E-state index in [2.05, 4.69) is 0 Å². The van der Waals surface area contributed by atoms with Crippen LogP contribution in [-0.4, -0.2) is 101 Å². The fourth-order valence-electron chi connectivity index (χ4n) is 2.52. The molecule has 1 heterocycles. The van der Waals surface area contributed by atoms with Gasteiger partial charge in [0.25, 0.3) is 0 Å². The van der Waals surface area contributed by atoms with Crippen LogP contribution in [0.25, 0.3) is 0 Å². The zero-order chi connectivity index (χ0) is 22.8. The van der Waals surface area contributed by atoms with Gasteiger partial charge in [0.05, 0.1) is 13.2 Å². The lowest BCUT2D eigenvalue weighted by Crippen LogP contribution is -2.62. The Labute approximate surface area is 173 Å². The summed E-state index contributed by atoms with van der Waals surface area (Å²) in [6.45, 7) is 2.52. The fraction of sp³-hybridized carbons (Fsp3) is 0.833. The molecule has 0 aliphatic carbocycles. The average Bonchev–Trinajstić information content (AvgIpc) is 2.73. The topological polar surface area (TPSA) is 178 Å². The molecule has 12 heteroatoms. The van der Waals surface area contributed by atoms with E-state index in [-0.39, 0.29) is 12.8 Å². The summed E-state index contributed by atoms with van der Waals surface area (Å²) in [7, 11) is 0. The van der Waals surface area contributed by atoms with Crippen molar-refractivity contribution in [1.29, 1.82) is 0 Å². The Morgan fingerprint density at radius 2 is 1.57 bits per heavy atom. The summed E-state index contributed by atoms with van der Waals surface area (Å²) in [5.74, 6) is -2.04. The fourth-order valence-corrected chi connectivity index (χ4v) is 2.52. The Bertz CT molecular complexity index is 567. The van der Waals surface area contributed by atoms with Gasteiger partial charge in [0, 0.05) is 19.8 Å². The van der Waals surface area contributed by atoms with Crippen LogP contribution in [0.15, 0.2) is 0 Å². The first kappa shape index (κ1) is 26.2. The highest BCUT2D eigenvalue weighted by Crippen LogP contribution is 2.28. The van der Waals surface area contributed by atoms with Crippen LogP contribution in [0.1, 0.15) is 33.6 Å². The van der Waals surface area contributed by atoms with Crippen LogP contribution < -0.4 is 0 Å². The van der Waals surface area contributed by atoms with Gasteiger partial charge in [0.1, 0.15) is 31.0 Å². The summed E-state index contributed by atoms with van der Waals surface area (Å²) in [5, 5.41) is 38.8. The molecule has 1 fully saturated rings. The van der Waals surface area contributed by atoms with E-state index in [0.717, 1.165) is 6.92 Å². The van der Waals surface area contributed by atoms with Gasteiger partial charge in [-0.2, -0.15) is 0 Å². The molecule has 0 saturated carbocycles. The minimum atomic E-state index is -1.53. The average molecular weight is 438 g/mol. The number of carbonyl (C=O) groups excluding carboxylic acids is 3. The molecule has 1 aliphatic rings. The van der Waals surface area contributed by atoms with Crippen LogP contribution in [0.4, 0.5) is 0 Å². The SMILES string of the molecule is CCC(=O)OC1C(OC(=O)CC)[C@H](O)C(COC(C)=O)O[C@H]1OCC(O)C(O)CO. The van der Waals surface area contributed by atoms with Crippen molar-refractivity contribution >= 4 is 17.9 Å². The molecule has 0 radical (unpaired) electrons. The van der Waals surface area contributed by atoms with Crippen LogP contribution in [0.3, 0.4) is 0 Å². The minimum Gasteiger partial charge on any atom is -0.463 e. The number of esters is 3. The molecule has 1 rings (SSSR count). The molecule has 0 aromatic rings. The van der Waals surface area contributed by atoms with Crippen molar-refractivity contribution in [3.63, 3.8) is 0 Å². The summed E-state index contributed by atoms with van der Waals surface area (Å²) in [5.41, 5.74) is 0. The van der Waals surface area contributed by atoms with Gasteiger partial charge in [0.15, 0.2) is 18.5 Å². The summed E-state index contributed by atoms with van der Waals surface area (Å²) < 4.78 is 26.3. The van der Waals surface area contributed by atoms with E-state index in [4.69, 9.17) is 28.8 Å². The Morgan fingerprint density at radius 3 is 2.07 bits per heavy atom. The Kier molecular flexibility index (Phi) is 11.2. The lowest BCUT2D eigenvalue weighted by molar-refractivity contribution is -0.311. The molecule has 0 aromatic heterocycles. The second-order valence-corrected chi connectivity index (χ2v) is 6.60. The molecular weight excluding hydrogens is 408 g/mol. The van der Waals surface area contributed by atoms with E-state index < -0.39 is 80.6 Å². The van der Waals surface area contributed by atoms with Gasteiger partial charge in [-0.05, 0) is 0 Å². The number of ether oxygens (including phenoxy) is 5. The maximum atomic E-state index is 11.9. The van der Waals surface area contributed by atoms with Crippen LogP contribution in [0.2, 0.25) is 0 Å². The Hall–Kier alpha value is -1.83. The lowest BCUT2D eigenvalue weighted by atomic mass is 9.98. The number of aliphatic hydroxyl groups is 4. The van der Waals surface area contributed by atoms with E-state index in [0.29, 0.717) is 0 Å². The molecule has 5 unspecified atom stereocenters. The molecule has 0 spiro atoms. The molecular formula is C18H30O12. The molecule has 0 bridgehead atoms. The van der Waals surface area contributed by atoms with Gasteiger partial charge in [0.2, 0.25) is 0 Å². The summed E-state index contributed by atoms with van der Waals surface area (Å²) in [6, 6.07) is 0. The molecule has 1 saturated heterocycles. The Morgan fingerprint density at radius 1 is 1.00 bits per heavy atom. The largest absolute Gasteiger partial charge is 0.463 e. The molecule has 0 aromatic carbocycles. The third kappa shape index (κ3) is 7.78. The predicted octanol–water partition coefficient (Wildman–Crippen LogP) is -1.99. The highest BCUT2D eigenvalue weighted by Gasteiger charge is 2.50. The van der Waals surface area contributed by atoms with Gasteiger partial charge in [-0.15, -0.1) is 0 Å². The van der Waals surface area contributed by atoms with E-state index in [1.165, 1.54) is 13.8 Å². The highest BCUT2D eigenvalue weighted by atomic mass is 16.7. The zero-order valence-electron chi connectivity index (χ0n) is 17.1. The smallest absolute Gasteiger partial charge is 0.306 e. The first-order chi connectivity index (χ1) is 14.1. The number of carbonyl (C=O) groups is 3. The molecule has 12 nitrogen and oxygen atoms in total. The maximum Gasteiger partial charge on any atom is 0.306 e. The number of hydrogen-bond donors (Lipinski definition) is 4. The standard InChI is InChI=1S/C18H30O12/c1-4-13(23)29-16-15(25)12(8-26-9(3)20)28-18(17(16)30-14(24)5-2)27-7-11(22)10(21)6-19/h10-12,15-19,21-22,25H,4-8H2,1-3H3/t10?,11?,12?,15-,16?,17?,18-/m1/s1. The van der Waals surface area contributed by atoms with Gasteiger partial charge in [-0.25, -0.2) is 0 Å². The molecule has 4 N–H and O–H groups in total.